The smallest absolute Gasteiger partial charge is 0.180 e. The zero-order chi connectivity index (χ0) is 15.4. The molecule has 0 saturated heterocycles. The van der Waals surface area contributed by atoms with E-state index in [0.717, 1.165) is 5.56 Å². The minimum atomic E-state index is -0.332. The second kappa shape index (κ2) is 7.11. The van der Waals surface area contributed by atoms with Crippen LogP contribution in [-0.4, -0.2) is 12.2 Å². The molecule has 2 aromatic carbocycles. The van der Waals surface area contributed by atoms with Gasteiger partial charge in [-0.1, -0.05) is 17.7 Å². The van der Waals surface area contributed by atoms with Crippen molar-refractivity contribution in [1.29, 1.82) is 0 Å². The fourth-order valence-corrected chi connectivity index (χ4v) is 2.50. The van der Waals surface area contributed by atoms with E-state index in [1.54, 1.807) is 24.3 Å². The Hall–Kier alpha value is -1.30. The van der Waals surface area contributed by atoms with Gasteiger partial charge in [0.15, 0.2) is 11.5 Å². The summed E-state index contributed by atoms with van der Waals surface area (Å²) >= 11 is 9.25. The summed E-state index contributed by atoms with van der Waals surface area (Å²) in [6.45, 7) is 0.0781. The van der Waals surface area contributed by atoms with Gasteiger partial charge >= 0.3 is 0 Å². The number of aliphatic hydroxyl groups is 1. The minimum absolute atomic E-state index is 0.138. The maximum absolute atomic E-state index is 13.2. The lowest BCUT2D eigenvalue weighted by atomic mass is 10.2. The summed E-state index contributed by atoms with van der Waals surface area (Å²) in [6.07, 6.45) is 0. The van der Waals surface area contributed by atoms with Crippen molar-refractivity contribution in [3.63, 3.8) is 0 Å². The van der Waals surface area contributed by atoms with E-state index in [2.05, 4.69) is 15.9 Å². The van der Waals surface area contributed by atoms with E-state index in [9.17, 15) is 4.39 Å². The Bertz CT molecular complexity index is 649. The van der Waals surface area contributed by atoms with Gasteiger partial charge in [0.1, 0.15) is 12.4 Å². The summed E-state index contributed by atoms with van der Waals surface area (Å²) in [6, 6.07) is 7.89. The highest BCUT2D eigenvalue weighted by Gasteiger charge is 2.12. The molecule has 0 aliphatic rings. The second-order valence-corrected chi connectivity index (χ2v) is 5.57. The normalized spacial score (nSPS) is 10.5. The fourth-order valence-electron chi connectivity index (χ4n) is 1.79. The number of halogens is 3. The number of methoxy groups -OCH3 is 1. The largest absolute Gasteiger partial charge is 0.493 e. The molecule has 0 fully saturated rings. The average molecular weight is 376 g/mol. The lowest BCUT2D eigenvalue weighted by Gasteiger charge is -2.14. The first-order chi connectivity index (χ1) is 10.0. The van der Waals surface area contributed by atoms with Gasteiger partial charge in [0, 0.05) is 0 Å². The van der Waals surface area contributed by atoms with E-state index >= 15 is 0 Å². The van der Waals surface area contributed by atoms with Gasteiger partial charge in [0.2, 0.25) is 0 Å². The van der Waals surface area contributed by atoms with Gasteiger partial charge in [0.05, 0.1) is 23.2 Å². The Morgan fingerprint density at radius 2 is 2.00 bits per heavy atom. The molecule has 0 amide bonds. The SMILES string of the molecule is COc1cc(CO)cc(Cl)c1OCc1ccc(F)c(Br)c1. The zero-order valence-electron chi connectivity index (χ0n) is 11.2. The first-order valence-electron chi connectivity index (χ1n) is 6.09. The maximum atomic E-state index is 13.2. The van der Waals surface area contributed by atoms with Gasteiger partial charge < -0.3 is 14.6 Å². The summed E-state index contributed by atoms with van der Waals surface area (Å²) in [5, 5.41) is 9.49. The average Bonchev–Trinajstić information content (AvgIpc) is 2.48. The van der Waals surface area contributed by atoms with Crippen LogP contribution in [0.1, 0.15) is 11.1 Å². The molecule has 0 bridgehead atoms. The van der Waals surface area contributed by atoms with Crippen molar-refractivity contribution < 1.29 is 19.0 Å². The first-order valence-corrected chi connectivity index (χ1v) is 7.26. The highest BCUT2D eigenvalue weighted by Crippen LogP contribution is 2.37. The molecule has 0 aliphatic carbocycles. The predicted octanol–water partition coefficient (Wildman–Crippen LogP) is 4.32. The topological polar surface area (TPSA) is 38.7 Å². The van der Waals surface area contributed by atoms with Crippen LogP contribution < -0.4 is 9.47 Å². The Balaban J connectivity index is 2.21. The van der Waals surface area contributed by atoms with Gasteiger partial charge in [-0.15, -0.1) is 0 Å². The van der Waals surface area contributed by atoms with Crippen LogP contribution in [0.2, 0.25) is 5.02 Å². The molecule has 0 saturated carbocycles. The van der Waals surface area contributed by atoms with Crippen LogP contribution in [0.4, 0.5) is 4.39 Å². The van der Waals surface area contributed by atoms with Crippen LogP contribution in [-0.2, 0) is 13.2 Å². The third kappa shape index (κ3) is 3.87. The number of ether oxygens (including phenoxy) is 2. The molecule has 0 atom stereocenters. The molecule has 0 spiro atoms. The van der Waals surface area contributed by atoms with Crippen LogP contribution in [0.3, 0.4) is 0 Å². The molecule has 6 heteroatoms. The van der Waals surface area contributed by atoms with E-state index < -0.39 is 0 Å². The van der Waals surface area contributed by atoms with E-state index in [0.29, 0.717) is 26.6 Å². The fraction of sp³-hybridized carbons (Fsp3) is 0.200. The Morgan fingerprint density at radius 1 is 1.24 bits per heavy atom. The van der Waals surface area contributed by atoms with Gasteiger partial charge in [-0.25, -0.2) is 4.39 Å². The number of benzene rings is 2. The van der Waals surface area contributed by atoms with Crippen molar-refractivity contribution in [2.45, 2.75) is 13.2 Å². The molecule has 2 aromatic rings. The maximum Gasteiger partial charge on any atom is 0.180 e. The third-order valence-corrected chi connectivity index (χ3v) is 3.73. The summed E-state index contributed by atoms with van der Waals surface area (Å²) in [7, 11) is 1.49. The van der Waals surface area contributed by atoms with Crippen molar-refractivity contribution in [1.82, 2.24) is 0 Å². The first kappa shape index (κ1) is 16.1. The Labute approximate surface area is 135 Å². The molecule has 0 aromatic heterocycles. The Morgan fingerprint density at radius 3 is 2.62 bits per heavy atom. The molecular formula is C15H13BrClFO3. The lowest BCUT2D eigenvalue weighted by molar-refractivity contribution is 0.274. The molecule has 0 unspecified atom stereocenters. The summed E-state index contributed by atoms with van der Waals surface area (Å²) in [5.74, 6) is 0.492. The van der Waals surface area contributed by atoms with Crippen molar-refractivity contribution in [3.8, 4) is 11.5 Å². The molecule has 0 heterocycles. The molecule has 0 radical (unpaired) electrons. The molecule has 21 heavy (non-hydrogen) atoms. The monoisotopic (exact) mass is 374 g/mol. The molecule has 3 nitrogen and oxygen atoms in total. The number of aliphatic hydroxyl groups excluding tert-OH is 1. The highest BCUT2D eigenvalue weighted by molar-refractivity contribution is 9.10. The standard InChI is InChI=1S/C15H13BrClFO3/c1-20-14-6-10(7-19)5-12(17)15(14)21-8-9-2-3-13(18)11(16)4-9/h2-6,19H,7-8H2,1H3. The summed E-state index contributed by atoms with van der Waals surface area (Å²) in [5.41, 5.74) is 1.42. The van der Waals surface area contributed by atoms with Gasteiger partial charge in [0.25, 0.3) is 0 Å². The predicted molar refractivity (Wildman–Crippen MR) is 82.4 cm³/mol. The van der Waals surface area contributed by atoms with E-state index in [1.807, 2.05) is 0 Å². The van der Waals surface area contributed by atoms with Crippen molar-refractivity contribution in [2.75, 3.05) is 7.11 Å². The number of hydrogen-bond acceptors (Lipinski definition) is 3. The van der Waals surface area contributed by atoms with Crippen LogP contribution in [0.25, 0.3) is 0 Å². The number of rotatable bonds is 5. The van der Waals surface area contributed by atoms with Crippen LogP contribution in [0, 0.1) is 5.82 Å². The van der Waals surface area contributed by atoms with E-state index in [-0.39, 0.29) is 19.0 Å². The third-order valence-electron chi connectivity index (χ3n) is 2.84. The molecular weight excluding hydrogens is 363 g/mol. The van der Waals surface area contributed by atoms with Crippen LogP contribution in [0.15, 0.2) is 34.8 Å². The number of hydrogen-bond donors (Lipinski definition) is 1. The van der Waals surface area contributed by atoms with Crippen LogP contribution in [0.5, 0.6) is 11.5 Å². The second-order valence-electron chi connectivity index (χ2n) is 4.30. The van der Waals surface area contributed by atoms with Crippen molar-refractivity contribution in [3.05, 3.63) is 56.8 Å². The minimum Gasteiger partial charge on any atom is -0.493 e. The lowest BCUT2D eigenvalue weighted by Crippen LogP contribution is -2.00. The van der Waals surface area contributed by atoms with Gasteiger partial charge in [-0.2, -0.15) is 0 Å². The molecule has 0 aliphatic heterocycles. The van der Waals surface area contributed by atoms with Gasteiger partial charge in [-0.3, -0.25) is 0 Å². The van der Waals surface area contributed by atoms with Crippen LogP contribution >= 0.6 is 27.5 Å². The molecule has 1 N–H and O–H groups in total. The Kier molecular flexibility index (Phi) is 5.45. The zero-order valence-corrected chi connectivity index (χ0v) is 13.5. The van der Waals surface area contributed by atoms with Gasteiger partial charge in [-0.05, 0) is 51.3 Å². The molecule has 112 valence electrons. The summed E-state index contributed by atoms with van der Waals surface area (Å²) < 4.78 is 24.4. The van der Waals surface area contributed by atoms with Crippen molar-refractivity contribution >= 4 is 27.5 Å². The molecule has 2 rings (SSSR count). The van der Waals surface area contributed by atoms with E-state index in [4.69, 9.17) is 26.2 Å². The van der Waals surface area contributed by atoms with E-state index in [1.165, 1.54) is 13.2 Å². The summed E-state index contributed by atoms with van der Waals surface area (Å²) in [4.78, 5) is 0. The highest BCUT2D eigenvalue weighted by atomic mass is 79.9. The quantitative estimate of drug-likeness (QED) is 0.846. The van der Waals surface area contributed by atoms with Crippen molar-refractivity contribution in [2.24, 2.45) is 0 Å².